The van der Waals surface area contributed by atoms with Crippen LogP contribution in [0.5, 0.6) is 0 Å². The van der Waals surface area contributed by atoms with Gasteiger partial charge in [0.25, 0.3) is 0 Å². The summed E-state index contributed by atoms with van der Waals surface area (Å²) in [6, 6.07) is 0. The molecule has 0 N–H and O–H groups in total. The maximum atomic E-state index is 13.3. The van der Waals surface area contributed by atoms with Gasteiger partial charge in [-0.3, -0.25) is 0 Å². The standard InChI is InChI=1S/C26H28O8/c1-11-9-12(2)26-13(3)10-14(15(21(27)31-5)16(18(11)26)22(28)32-6)19-17(23(29)33-7)20(24(30)34-8)25(19,26)4/h9-10,14,19H,1-8H3/t14-,19?,25?,26+/m1/s1. The van der Waals surface area contributed by atoms with E-state index in [-0.39, 0.29) is 22.3 Å². The Morgan fingerprint density at radius 1 is 0.765 bits per heavy atom. The Morgan fingerprint density at radius 2 is 1.29 bits per heavy atom. The first-order chi connectivity index (χ1) is 16.0. The van der Waals surface area contributed by atoms with Gasteiger partial charge in [0.05, 0.1) is 50.7 Å². The van der Waals surface area contributed by atoms with Crippen molar-refractivity contribution in [2.24, 2.45) is 22.7 Å². The van der Waals surface area contributed by atoms with Crippen LogP contribution in [-0.4, -0.2) is 52.3 Å². The zero-order valence-corrected chi connectivity index (χ0v) is 20.6. The SMILES string of the molecule is COC(=O)C1=C(C(=O)OC)[C@H]2C=C(C)[C@]3(C(C)=CC(C)=C13)C1(C)C(C(=O)OC)=C(C(=O)OC)C21. The lowest BCUT2D eigenvalue weighted by molar-refractivity contribution is -0.146. The maximum Gasteiger partial charge on any atom is 0.338 e. The molecule has 0 saturated heterocycles. The highest BCUT2D eigenvalue weighted by Gasteiger charge is 2.74. The number of hydrogen-bond donors (Lipinski definition) is 0. The highest BCUT2D eigenvalue weighted by molar-refractivity contribution is 6.10. The number of carbonyl (C=O) groups is 4. The van der Waals surface area contributed by atoms with Crippen molar-refractivity contribution in [2.45, 2.75) is 27.7 Å². The number of allylic oxidation sites excluding steroid dienone is 5. The van der Waals surface area contributed by atoms with Gasteiger partial charge in [0.15, 0.2) is 0 Å². The van der Waals surface area contributed by atoms with E-state index < -0.39 is 46.5 Å². The molecule has 2 unspecified atom stereocenters. The highest BCUT2D eigenvalue weighted by atomic mass is 16.5. The number of rotatable bonds is 4. The normalized spacial score (nSPS) is 31.1. The molecule has 2 bridgehead atoms. The van der Waals surface area contributed by atoms with Crippen molar-refractivity contribution >= 4 is 23.9 Å². The summed E-state index contributed by atoms with van der Waals surface area (Å²) >= 11 is 0. The molecule has 0 heterocycles. The number of methoxy groups -OCH3 is 4. The van der Waals surface area contributed by atoms with Gasteiger partial charge in [0.1, 0.15) is 0 Å². The van der Waals surface area contributed by atoms with Crippen molar-refractivity contribution in [3.63, 3.8) is 0 Å². The molecular formula is C26H28O8. The topological polar surface area (TPSA) is 105 Å². The second-order valence-electron chi connectivity index (χ2n) is 9.23. The Morgan fingerprint density at radius 3 is 1.82 bits per heavy atom. The van der Waals surface area contributed by atoms with E-state index in [0.717, 1.165) is 16.7 Å². The summed E-state index contributed by atoms with van der Waals surface area (Å²) in [6.45, 7) is 7.60. The third-order valence-corrected chi connectivity index (χ3v) is 8.12. The molecule has 0 aliphatic heterocycles. The van der Waals surface area contributed by atoms with Gasteiger partial charge in [0, 0.05) is 22.7 Å². The van der Waals surface area contributed by atoms with E-state index in [1.165, 1.54) is 28.4 Å². The highest BCUT2D eigenvalue weighted by Crippen LogP contribution is 2.77. The molecule has 0 aromatic rings. The molecule has 8 heteroatoms. The number of hydrogen-bond acceptors (Lipinski definition) is 8. The molecule has 1 spiro atoms. The number of ether oxygens (including phenoxy) is 4. The molecule has 5 aliphatic rings. The van der Waals surface area contributed by atoms with Crippen molar-refractivity contribution in [3.8, 4) is 0 Å². The van der Waals surface area contributed by atoms with Gasteiger partial charge in [-0.15, -0.1) is 0 Å². The molecule has 0 saturated carbocycles. The first kappa shape index (κ1) is 23.7. The summed E-state index contributed by atoms with van der Waals surface area (Å²) in [4.78, 5) is 52.7. The average Bonchev–Trinajstić information content (AvgIpc) is 2.96. The van der Waals surface area contributed by atoms with Gasteiger partial charge in [-0.05, 0) is 31.9 Å². The fourth-order valence-electron chi connectivity index (χ4n) is 7.20. The minimum absolute atomic E-state index is 0.104. The first-order valence-electron chi connectivity index (χ1n) is 10.9. The van der Waals surface area contributed by atoms with E-state index in [1.54, 1.807) is 0 Å². The predicted molar refractivity (Wildman–Crippen MR) is 120 cm³/mol. The predicted octanol–water partition coefficient (Wildman–Crippen LogP) is 2.76. The summed E-state index contributed by atoms with van der Waals surface area (Å²) in [7, 11) is 4.99. The molecule has 8 nitrogen and oxygen atoms in total. The Labute approximate surface area is 197 Å². The van der Waals surface area contributed by atoms with E-state index >= 15 is 0 Å². The minimum atomic E-state index is -1.00. The van der Waals surface area contributed by atoms with Crippen LogP contribution in [0.1, 0.15) is 27.7 Å². The Kier molecular flexibility index (Phi) is 5.27. The van der Waals surface area contributed by atoms with Crippen molar-refractivity contribution in [3.05, 3.63) is 56.7 Å². The largest absolute Gasteiger partial charge is 0.466 e. The Bertz CT molecular complexity index is 1220. The van der Waals surface area contributed by atoms with Crippen LogP contribution in [0.4, 0.5) is 0 Å². The maximum absolute atomic E-state index is 13.3. The van der Waals surface area contributed by atoms with Crippen LogP contribution < -0.4 is 0 Å². The second-order valence-corrected chi connectivity index (χ2v) is 9.23. The van der Waals surface area contributed by atoms with Crippen LogP contribution >= 0.6 is 0 Å². The van der Waals surface area contributed by atoms with E-state index in [4.69, 9.17) is 18.9 Å². The Balaban J connectivity index is 2.23. The van der Waals surface area contributed by atoms with Crippen molar-refractivity contribution in [2.75, 3.05) is 28.4 Å². The van der Waals surface area contributed by atoms with Gasteiger partial charge >= 0.3 is 23.9 Å². The monoisotopic (exact) mass is 468 g/mol. The number of carbonyl (C=O) groups excluding carboxylic acids is 4. The quantitative estimate of drug-likeness (QED) is 0.352. The van der Waals surface area contributed by atoms with Gasteiger partial charge in [-0.25, -0.2) is 19.2 Å². The Hall–Kier alpha value is -3.42. The van der Waals surface area contributed by atoms with Gasteiger partial charge in [0.2, 0.25) is 0 Å². The van der Waals surface area contributed by atoms with E-state index in [2.05, 4.69) is 0 Å². The lowest BCUT2D eigenvalue weighted by Gasteiger charge is -2.63. The lowest BCUT2D eigenvalue weighted by Crippen LogP contribution is -2.61. The lowest BCUT2D eigenvalue weighted by atomic mass is 9.38. The summed E-state index contributed by atoms with van der Waals surface area (Å²) in [6.07, 6.45) is 3.85. The fourth-order valence-corrected chi connectivity index (χ4v) is 7.20. The van der Waals surface area contributed by atoms with Crippen LogP contribution in [0.3, 0.4) is 0 Å². The molecule has 0 fully saturated rings. The zero-order chi connectivity index (χ0) is 25.3. The molecule has 0 aromatic heterocycles. The van der Waals surface area contributed by atoms with E-state index in [1.807, 2.05) is 39.8 Å². The summed E-state index contributed by atoms with van der Waals surface area (Å²) < 4.78 is 20.4. The third-order valence-electron chi connectivity index (χ3n) is 8.12. The van der Waals surface area contributed by atoms with Crippen LogP contribution in [0, 0.1) is 22.7 Å². The third kappa shape index (κ3) is 2.38. The van der Waals surface area contributed by atoms with E-state index in [0.29, 0.717) is 5.57 Å². The first-order valence-corrected chi connectivity index (χ1v) is 10.9. The van der Waals surface area contributed by atoms with Crippen LogP contribution in [0.2, 0.25) is 0 Å². The van der Waals surface area contributed by atoms with Crippen molar-refractivity contribution in [1.29, 1.82) is 0 Å². The second kappa shape index (κ2) is 7.55. The molecule has 5 aliphatic carbocycles. The molecule has 0 amide bonds. The summed E-state index contributed by atoms with van der Waals surface area (Å²) in [5, 5.41) is 0. The summed E-state index contributed by atoms with van der Waals surface area (Å²) in [5.41, 5.74) is 1.69. The van der Waals surface area contributed by atoms with Crippen molar-refractivity contribution in [1.82, 2.24) is 0 Å². The van der Waals surface area contributed by atoms with Gasteiger partial charge in [-0.1, -0.05) is 30.2 Å². The minimum Gasteiger partial charge on any atom is -0.466 e. The van der Waals surface area contributed by atoms with Gasteiger partial charge < -0.3 is 18.9 Å². The molecule has 4 atom stereocenters. The van der Waals surface area contributed by atoms with Crippen LogP contribution in [0.25, 0.3) is 0 Å². The van der Waals surface area contributed by atoms with Crippen LogP contribution in [0.15, 0.2) is 56.7 Å². The average molecular weight is 469 g/mol. The molecular weight excluding hydrogens is 440 g/mol. The summed E-state index contributed by atoms with van der Waals surface area (Å²) in [5.74, 6) is -4.07. The number of esters is 4. The fraction of sp³-hybridized carbons (Fsp3) is 0.462. The molecule has 5 rings (SSSR count). The molecule has 34 heavy (non-hydrogen) atoms. The van der Waals surface area contributed by atoms with Crippen molar-refractivity contribution < 1.29 is 38.1 Å². The van der Waals surface area contributed by atoms with E-state index in [9.17, 15) is 19.2 Å². The molecule has 0 radical (unpaired) electrons. The zero-order valence-electron chi connectivity index (χ0n) is 20.6. The molecule has 0 aromatic carbocycles. The smallest absolute Gasteiger partial charge is 0.338 e. The van der Waals surface area contributed by atoms with Gasteiger partial charge in [-0.2, -0.15) is 0 Å². The molecule has 180 valence electrons. The van der Waals surface area contributed by atoms with Crippen LogP contribution in [-0.2, 0) is 38.1 Å².